The molecular formula is C16H19F2N3O2. The summed E-state index contributed by atoms with van der Waals surface area (Å²) in [5.74, 6) is -0.683. The van der Waals surface area contributed by atoms with Crippen LogP contribution in [0.15, 0.2) is 24.7 Å². The third-order valence-corrected chi connectivity index (χ3v) is 3.21. The predicted molar refractivity (Wildman–Crippen MR) is 82.7 cm³/mol. The number of halogens is 2. The zero-order chi connectivity index (χ0) is 16.7. The molecule has 7 heteroatoms. The van der Waals surface area contributed by atoms with Crippen LogP contribution in [0.4, 0.5) is 14.6 Å². The van der Waals surface area contributed by atoms with Crippen LogP contribution >= 0.6 is 0 Å². The Hall–Kier alpha value is -2.44. The fourth-order valence-corrected chi connectivity index (χ4v) is 1.97. The average molecular weight is 323 g/mol. The van der Waals surface area contributed by atoms with Crippen LogP contribution in [-0.4, -0.2) is 23.6 Å². The van der Waals surface area contributed by atoms with E-state index in [1.54, 1.807) is 0 Å². The van der Waals surface area contributed by atoms with Gasteiger partial charge in [0.25, 0.3) is 0 Å². The van der Waals surface area contributed by atoms with Gasteiger partial charge in [-0.3, -0.25) is 0 Å². The number of rotatable bonds is 8. The minimum atomic E-state index is -0.962. The molecule has 0 aliphatic carbocycles. The van der Waals surface area contributed by atoms with Gasteiger partial charge in [0.15, 0.2) is 23.2 Å². The van der Waals surface area contributed by atoms with E-state index in [-0.39, 0.29) is 12.4 Å². The summed E-state index contributed by atoms with van der Waals surface area (Å²) in [5, 5.41) is 3.16. The second kappa shape index (κ2) is 8.26. The summed E-state index contributed by atoms with van der Waals surface area (Å²) in [6.07, 6.45) is 4.99. The Bertz CT molecular complexity index is 653. The van der Waals surface area contributed by atoms with Gasteiger partial charge in [0.05, 0.1) is 13.3 Å². The number of aromatic nitrogens is 2. The monoisotopic (exact) mass is 323 g/mol. The molecule has 0 amide bonds. The molecule has 124 valence electrons. The molecule has 0 fully saturated rings. The number of hydrogen-bond acceptors (Lipinski definition) is 5. The lowest BCUT2D eigenvalue weighted by Gasteiger charge is -2.13. The standard InChI is InChI=1S/C16H19F2N3O2/c1-3-4-5-20-16-15(8-19-10-21-16)23-9-11-6-12(17)13(18)7-14(11)22-2/h6-8,10H,3-5,9H2,1-2H3,(H,19,20,21). The SMILES string of the molecule is CCCCNc1ncncc1OCc1cc(F)c(F)cc1OC. The first-order chi connectivity index (χ1) is 11.2. The van der Waals surface area contributed by atoms with Crippen molar-refractivity contribution in [3.8, 4) is 11.5 Å². The number of methoxy groups -OCH3 is 1. The largest absolute Gasteiger partial charge is 0.496 e. The van der Waals surface area contributed by atoms with Gasteiger partial charge in [0.2, 0.25) is 0 Å². The molecule has 0 atom stereocenters. The van der Waals surface area contributed by atoms with E-state index in [9.17, 15) is 8.78 Å². The number of ether oxygens (including phenoxy) is 2. The first-order valence-corrected chi connectivity index (χ1v) is 7.34. The zero-order valence-electron chi connectivity index (χ0n) is 13.1. The fraction of sp³-hybridized carbons (Fsp3) is 0.375. The highest BCUT2D eigenvalue weighted by atomic mass is 19.2. The van der Waals surface area contributed by atoms with Gasteiger partial charge < -0.3 is 14.8 Å². The molecular weight excluding hydrogens is 304 g/mol. The van der Waals surface area contributed by atoms with E-state index in [2.05, 4.69) is 22.2 Å². The lowest BCUT2D eigenvalue weighted by molar-refractivity contribution is 0.294. The smallest absolute Gasteiger partial charge is 0.180 e. The molecule has 1 N–H and O–H groups in total. The quantitative estimate of drug-likeness (QED) is 0.753. The number of nitrogens with one attached hydrogen (secondary N) is 1. The summed E-state index contributed by atoms with van der Waals surface area (Å²) >= 11 is 0. The average Bonchev–Trinajstić information content (AvgIpc) is 2.56. The van der Waals surface area contributed by atoms with E-state index in [0.717, 1.165) is 31.5 Å². The van der Waals surface area contributed by atoms with E-state index in [1.165, 1.54) is 19.6 Å². The highest BCUT2D eigenvalue weighted by molar-refractivity contribution is 5.48. The molecule has 1 aromatic heterocycles. The molecule has 0 aliphatic rings. The Labute approximate surface area is 133 Å². The molecule has 0 spiro atoms. The van der Waals surface area contributed by atoms with Crippen LogP contribution in [0.3, 0.4) is 0 Å². The van der Waals surface area contributed by atoms with Crippen molar-refractivity contribution < 1.29 is 18.3 Å². The molecule has 5 nitrogen and oxygen atoms in total. The first kappa shape index (κ1) is 16.9. The maximum absolute atomic E-state index is 13.4. The molecule has 23 heavy (non-hydrogen) atoms. The molecule has 2 aromatic rings. The van der Waals surface area contributed by atoms with E-state index in [1.807, 2.05) is 0 Å². The molecule has 0 saturated carbocycles. The molecule has 1 heterocycles. The number of hydrogen-bond donors (Lipinski definition) is 1. The van der Waals surface area contributed by atoms with Crippen molar-refractivity contribution in [3.63, 3.8) is 0 Å². The third kappa shape index (κ3) is 4.51. The number of unbranched alkanes of at least 4 members (excludes halogenated alkanes) is 1. The van der Waals surface area contributed by atoms with Crippen LogP contribution in [0.25, 0.3) is 0 Å². The third-order valence-electron chi connectivity index (χ3n) is 3.21. The highest BCUT2D eigenvalue weighted by Gasteiger charge is 2.12. The van der Waals surface area contributed by atoms with Crippen LogP contribution in [-0.2, 0) is 6.61 Å². The predicted octanol–water partition coefficient (Wildman–Crippen LogP) is 3.55. The number of benzene rings is 1. The van der Waals surface area contributed by atoms with Crippen LogP contribution in [0.2, 0.25) is 0 Å². The Morgan fingerprint density at radius 3 is 2.70 bits per heavy atom. The summed E-state index contributed by atoms with van der Waals surface area (Å²) in [5.41, 5.74) is 0.398. The molecule has 0 aliphatic heterocycles. The van der Waals surface area contributed by atoms with Crippen molar-refractivity contribution in [2.45, 2.75) is 26.4 Å². The molecule has 0 saturated heterocycles. The van der Waals surface area contributed by atoms with Crippen molar-refractivity contribution in [1.29, 1.82) is 0 Å². The van der Waals surface area contributed by atoms with Gasteiger partial charge in [-0.25, -0.2) is 18.7 Å². The Morgan fingerprint density at radius 1 is 1.17 bits per heavy atom. The van der Waals surface area contributed by atoms with Gasteiger partial charge >= 0.3 is 0 Å². The topological polar surface area (TPSA) is 56.3 Å². The Balaban J connectivity index is 2.10. The Kier molecular flexibility index (Phi) is 6.08. The minimum absolute atomic E-state index is 0.0101. The maximum Gasteiger partial charge on any atom is 0.180 e. The normalized spacial score (nSPS) is 10.4. The molecule has 0 radical (unpaired) electrons. The lowest BCUT2D eigenvalue weighted by atomic mass is 10.2. The van der Waals surface area contributed by atoms with E-state index in [4.69, 9.17) is 9.47 Å². The second-order valence-corrected chi connectivity index (χ2v) is 4.88. The lowest BCUT2D eigenvalue weighted by Crippen LogP contribution is -2.07. The van der Waals surface area contributed by atoms with Crippen molar-refractivity contribution >= 4 is 5.82 Å². The molecule has 2 rings (SSSR count). The first-order valence-electron chi connectivity index (χ1n) is 7.34. The summed E-state index contributed by atoms with van der Waals surface area (Å²) in [7, 11) is 1.39. The van der Waals surface area contributed by atoms with E-state index < -0.39 is 11.6 Å². The maximum atomic E-state index is 13.4. The fourth-order valence-electron chi connectivity index (χ4n) is 1.97. The van der Waals surface area contributed by atoms with Crippen molar-refractivity contribution in [1.82, 2.24) is 9.97 Å². The van der Waals surface area contributed by atoms with E-state index >= 15 is 0 Å². The summed E-state index contributed by atoms with van der Waals surface area (Å²) in [6, 6.07) is 2.05. The van der Waals surface area contributed by atoms with Gasteiger partial charge in [0, 0.05) is 18.2 Å². The van der Waals surface area contributed by atoms with Gasteiger partial charge in [-0.2, -0.15) is 0 Å². The Morgan fingerprint density at radius 2 is 1.96 bits per heavy atom. The van der Waals surface area contributed by atoms with Crippen molar-refractivity contribution in [3.05, 3.63) is 41.9 Å². The van der Waals surface area contributed by atoms with Gasteiger partial charge in [0.1, 0.15) is 18.7 Å². The molecule has 1 aromatic carbocycles. The molecule has 0 bridgehead atoms. The summed E-state index contributed by atoms with van der Waals surface area (Å²) in [4.78, 5) is 8.04. The van der Waals surface area contributed by atoms with E-state index in [0.29, 0.717) is 17.1 Å². The number of nitrogens with zero attached hydrogens (tertiary/aromatic N) is 2. The van der Waals surface area contributed by atoms with Crippen LogP contribution in [0.1, 0.15) is 25.3 Å². The van der Waals surface area contributed by atoms with Crippen LogP contribution in [0, 0.1) is 11.6 Å². The molecule has 0 unspecified atom stereocenters. The van der Waals surface area contributed by atoms with Crippen LogP contribution in [0.5, 0.6) is 11.5 Å². The highest BCUT2D eigenvalue weighted by Crippen LogP contribution is 2.26. The van der Waals surface area contributed by atoms with Crippen molar-refractivity contribution in [2.24, 2.45) is 0 Å². The van der Waals surface area contributed by atoms with Gasteiger partial charge in [-0.15, -0.1) is 0 Å². The van der Waals surface area contributed by atoms with Gasteiger partial charge in [-0.1, -0.05) is 13.3 Å². The van der Waals surface area contributed by atoms with Gasteiger partial charge in [-0.05, 0) is 12.5 Å². The summed E-state index contributed by atoms with van der Waals surface area (Å²) < 4.78 is 37.3. The zero-order valence-corrected chi connectivity index (χ0v) is 13.1. The number of anilines is 1. The van der Waals surface area contributed by atoms with Crippen molar-refractivity contribution in [2.75, 3.05) is 19.0 Å². The minimum Gasteiger partial charge on any atom is -0.496 e. The second-order valence-electron chi connectivity index (χ2n) is 4.88. The summed E-state index contributed by atoms with van der Waals surface area (Å²) in [6.45, 7) is 2.86. The van der Waals surface area contributed by atoms with Crippen LogP contribution < -0.4 is 14.8 Å².